The van der Waals surface area contributed by atoms with E-state index in [1.807, 2.05) is 0 Å². The molecule has 0 aliphatic carbocycles. The van der Waals surface area contributed by atoms with Crippen LogP contribution in [0.15, 0.2) is 12.2 Å². The summed E-state index contributed by atoms with van der Waals surface area (Å²) in [4.78, 5) is 11.0. The molecule has 0 rings (SSSR count). The summed E-state index contributed by atoms with van der Waals surface area (Å²) in [5.74, 6) is -0.596. The van der Waals surface area contributed by atoms with Crippen molar-refractivity contribution in [1.82, 2.24) is 0 Å². The van der Waals surface area contributed by atoms with Crippen LogP contribution in [0.2, 0.25) is 0 Å². The van der Waals surface area contributed by atoms with Gasteiger partial charge in [0.05, 0.1) is 7.11 Å². The van der Waals surface area contributed by atoms with E-state index in [2.05, 4.69) is 14.9 Å². The summed E-state index contributed by atoms with van der Waals surface area (Å²) in [5.41, 5.74) is 0.233. The maximum atomic E-state index is 11.0. The van der Waals surface area contributed by atoms with Gasteiger partial charge in [-0.15, -0.1) is 0 Å². The van der Waals surface area contributed by atoms with E-state index < -0.39 is 22.5 Å². The van der Waals surface area contributed by atoms with E-state index in [0.717, 1.165) is 7.11 Å². The number of hydrogen-bond donors (Lipinski definition) is 0. The zero-order chi connectivity index (χ0) is 12.1. The third-order valence-corrected chi connectivity index (χ3v) is 2.14. The maximum Gasteiger partial charge on any atom is 0.399 e. The molecule has 0 aromatic heterocycles. The van der Waals surface area contributed by atoms with Gasteiger partial charge in [-0.3, -0.25) is 4.18 Å². The van der Waals surface area contributed by atoms with Crippen LogP contribution >= 0.6 is 0 Å². The first-order chi connectivity index (χ1) is 6.78. The van der Waals surface area contributed by atoms with Crippen molar-refractivity contribution in [2.75, 3.05) is 13.7 Å². The first kappa shape index (κ1) is 14.1. The summed E-state index contributed by atoms with van der Waals surface area (Å²) in [6.45, 7) is 6.06. The molecule has 0 bridgehead atoms. The van der Waals surface area contributed by atoms with Gasteiger partial charge in [0.15, 0.2) is 0 Å². The van der Waals surface area contributed by atoms with Gasteiger partial charge in [0.2, 0.25) is 0 Å². The Bertz CT molecular complexity index is 331. The van der Waals surface area contributed by atoms with Crippen LogP contribution in [0, 0.1) is 0 Å². The third kappa shape index (κ3) is 6.21. The van der Waals surface area contributed by atoms with E-state index in [-0.39, 0.29) is 12.2 Å². The number of esters is 1. The molecule has 0 aliphatic heterocycles. The molecular formula is C8H14O6S. The predicted octanol–water partition coefficient (Wildman–Crippen LogP) is 0.402. The van der Waals surface area contributed by atoms with Crippen LogP contribution in [0.4, 0.5) is 0 Å². The average molecular weight is 238 g/mol. The van der Waals surface area contributed by atoms with Gasteiger partial charge in [0.1, 0.15) is 12.7 Å². The zero-order valence-electron chi connectivity index (χ0n) is 8.85. The minimum atomic E-state index is -3.98. The quantitative estimate of drug-likeness (QED) is 0.492. The molecule has 1 atom stereocenters. The van der Waals surface area contributed by atoms with Crippen molar-refractivity contribution in [3.63, 3.8) is 0 Å². The number of ether oxygens (including phenoxy) is 1. The zero-order valence-corrected chi connectivity index (χ0v) is 9.67. The van der Waals surface area contributed by atoms with Crippen molar-refractivity contribution in [3.05, 3.63) is 12.2 Å². The van der Waals surface area contributed by atoms with E-state index in [1.165, 1.54) is 13.8 Å². The lowest BCUT2D eigenvalue weighted by molar-refractivity contribution is -0.144. The number of hydrogen-bond acceptors (Lipinski definition) is 6. The fourth-order valence-corrected chi connectivity index (χ4v) is 0.999. The van der Waals surface area contributed by atoms with E-state index in [9.17, 15) is 13.2 Å². The topological polar surface area (TPSA) is 78.9 Å². The lowest BCUT2D eigenvalue weighted by atomic mass is 10.3. The van der Waals surface area contributed by atoms with Crippen molar-refractivity contribution in [1.29, 1.82) is 0 Å². The van der Waals surface area contributed by atoms with Gasteiger partial charge in [-0.05, 0) is 13.8 Å². The second kappa shape index (κ2) is 5.84. The molecule has 0 amide bonds. The van der Waals surface area contributed by atoms with Gasteiger partial charge >= 0.3 is 16.4 Å². The van der Waals surface area contributed by atoms with Crippen LogP contribution in [-0.2, 0) is 28.3 Å². The molecule has 7 heteroatoms. The van der Waals surface area contributed by atoms with Gasteiger partial charge < -0.3 is 4.74 Å². The first-order valence-corrected chi connectivity index (χ1v) is 5.43. The minimum Gasteiger partial charge on any atom is -0.457 e. The van der Waals surface area contributed by atoms with Crippen LogP contribution in [0.1, 0.15) is 13.8 Å². The molecule has 0 aromatic carbocycles. The Hall–Kier alpha value is -0.920. The number of carbonyl (C=O) groups excluding carboxylic acids is 1. The van der Waals surface area contributed by atoms with E-state index in [1.54, 1.807) is 0 Å². The Labute approximate surface area is 89.1 Å². The molecule has 0 aliphatic rings. The summed E-state index contributed by atoms with van der Waals surface area (Å²) >= 11 is 0. The molecule has 0 heterocycles. The Balaban J connectivity index is 4.01. The van der Waals surface area contributed by atoms with Gasteiger partial charge in [-0.2, -0.15) is 8.42 Å². The average Bonchev–Trinajstić information content (AvgIpc) is 2.15. The lowest BCUT2D eigenvalue weighted by Gasteiger charge is -2.12. The molecule has 0 saturated heterocycles. The molecule has 0 fully saturated rings. The normalized spacial score (nSPS) is 13.3. The standard InChI is InChI=1S/C8H14O6S/c1-6(2)8(9)14-7(3)5-13-15(10,11)12-4/h7H,1,5H2,2-4H3. The highest BCUT2D eigenvalue weighted by Gasteiger charge is 2.15. The van der Waals surface area contributed by atoms with Crippen LogP contribution < -0.4 is 0 Å². The maximum absolute atomic E-state index is 11.0. The van der Waals surface area contributed by atoms with Crippen LogP contribution in [-0.4, -0.2) is 34.2 Å². The molecule has 1 unspecified atom stereocenters. The van der Waals surface area contributed by atoms with E-state index in [0.29, 0.717) is 0 Å². The van der Waals surface area contributed by atoms with Crippen LogP contribution in [0.25, 0.3) is 0 Å². The number of carbonyl (C=O) groups is 1. The molecule has 0 aromatic rings. The van der Waals surface area contributed by atoms with Crippen molar-refractivity contribution in [2.24, 2.45) is 0 Å². The van der Waals surface area contributed by atoms with Crippen LogP contribution in [0.3, 0.4) is 0 Å². The molecule has 0 spiro atoms. The molecule has 0 radical (unpaired) electrons. The van der Waals surface area contributed by atoms with Gasteiger partial charge in [-0.1, -0.05) is 6.58 Å². The monoisotopic (exact) mass is 238 g/mol. The third-order valence-electron chi connectivity index (χ3n) is 1.31. The van der Waals surface area contributed by atoms with Gasteiger partial charge in [0, 0.05) is 5.57 Å². The van der Waals surface area contributed by atoms with Crippen molar-refractivity contribution >= 4 is 16.4 Å². The Morgan fingerprint density at radius 1 is 1.47 bits per heavy atom. The highest BCUT2D eigenvalue weighted by Crippen LogP contribution is 2.01. The molecule has 88 valence electrons. The smallest absolute Gasteiger partial charge is 0.399 e. The highest BCUT2D eigenvalue weighted by atomic mass is 32.3. The van der Waals surface area contributed by atoms with Crippen molar-refractivity contribution in [3.8, 4) is 0 Å². The first-order valence-electron chi connectivity index (χ1n) is 4.10. The summed E-state index contributed by atoms with van der Waals surface area (Å²) < 4.78 is 34.6. The molecular weight excluding hydrogens is 224 g/mol. The highest BCUT2D eigenvalue weighted by molar-refractivity contribution is 7.81. The fraction of sp³-hybridized carbons (Fsp3) is 0.625. The lowest BCUT2D eigenvalue weighted by Crippen LogP contribution is -2.23. The molecule has 15 heavy (non-hydrogen) atoms. The number of rotatable bonds is 6. The fourth-order valence-electron chi connectivity index (χ4n) is 0.545. The van der Waals surface area contributed by atoms with Crippen LogP contribution in [0.5, 0.6) is 0 Å². The van der Waals surface area contributed by atoms with E-state index >= 15 is 0 Å². The Morgan fingerprint density at radius 2 is 2.00 bits per heavy atom. The summed E-state index contributed by atoms with van der Waals surface area (Å²) in [6, 6.07) is 0. The summed E-state index contributed by atoms with van der Waals surface area (Å²) in [7, 11) is -3.01. The summed E-state index contributed by atoms with van der Waals surface area (Å²) in [6.07, 6.45) is -0.695. The Morgan fingerprint density at radius 3 is 2.40 bits per heavy atom. The van der Waals surface area contributed by atoms with Gasteiger partial charge in [0.25, 0.3) is 0 Å². The van der Waals surface area contributed by atoms with Crippen molar-refractivity contribution in [2.45, 2.75) is 20.0 Å². The second-order valence-electron chi connectivity index (χ2n) is 2.86. The SMILES string of the molecule is C=C(C)C(=O)OC(C)COS(=O)(=O)OC. The minimum absolute atomic E-state index is 0.233. The molecule has 0 N–H and O–H groups in total. The van der Waals surface area contributed by atoms with Crippen molar-refractivity contribution < 1.29 is 26.3 Å². The van der Waals surface area contributed by atoms with E-state index in [4.69, 9.17) is 4.74 Å². The second-order valence-corrected chi connectivity index (χ2v) is 4.24. The summed E-state index contributed by atoms with van der Waals surface area (Å²) in [5, 5.41) is 0. The molecule has 6 nitrogen and oxygen atoms in total. The van der Waals surface area contributed by atoms with Gasteiger partial charge in [-0.25, -0.2) is 8.98 Å². The Kier molecular flexibility index (Phi) is 5.48. The predicted molar refractivity (Wildman–Crippen MR) is 52.2 cm³/mol. The molecule has 0 saturated carbocycles. The largest absolute Gasteiger partial charge is 0.457 e.